The van der Waals surface area contributed by atoms with Gasteiger partial charge in [-0.25, -0.2) is 13.8 Å². The first-order valence-corrected chi connectivity index (χ1v) is 8.41. The molecule has 0 fully saturated rings. The van der Waals surface area contributed by atoms with Crippen molar-refractivity contribution in [2.45, 2.75) is 39.3 Å². The lowest BCUT2D eigenvalue weighted by molar-refractivity contribution is 0.548. The van der Waals surface area contributed by atoms with E-state index in [9.17, 15) is 8.78 Å². The molecule has 0 bridgehead atoms. The molecule has 0 radical (unpaired) electrons. The first kappa shape index (κ1) is 18.9. The van der Waals surface area contributed by atoms with Crippen LogP contribution in [0.1, 0.15) is 37.2 Å². The molecule has 7 heteroatoms. The molecule has 0 saturated heterocycles. The Morgan fingerprint density at radius 2 is 2.12 bits per heavy atom. The summed E-state index contributed by atoms with van der Waals surface area (Å²) >= 11 is 0. The van der Waals surface area contributed by atoms with Crippen LogP contribution in [0.2, 0.25) is 0 Å². The lowest BCUT2D eigenvalue weighted by Gasteiger charge is -2.19. The molecule has 1 atom stereocenters. The summed E-state index contributed by atoms with van der Waals surface area (Å²) in [7, 11) is 1.66. The Labute approximate surface area is 147 Å². The number of nitrogens with one attached hydrogen (secondary N) is 2. The average molecular weight is 349 g/mol. The molecular weight excluding hydrogens is 324 g/mol. The smallest absolute Gasteiger partial charge is 0.191 e. The molecule has 0 spiro atoms. The average Bonchev–Trinajstić information content (AvgIpc) is 2.98. The fourth-order valence-corrected chi connectivity index (χ4v) is 2.58. The Bertz CT molecular complexity index is 711. The van der Waals surface area contributed by atoms with Crippen LogP contribution in [-0.2, 0) is 6.54 Å². The molecule has 0 aliphatic rings. The lowest BCUT2D eigenvalue weighted by atomic mass is 10.1. The van der Waals surface area contributed by atoms with Gasteiger partial charge in [0.15, 0.2) is 5.96 Å². The Morgan fingerprint density at radius 3 is 2.76 bits per heavy atom. The summed E-state index contributed by atoms with van der Waals surface area (Å²) in [5.74, 6) is 0.464. The predicted molar refractivity (Wildman–Crippen MR) is 95.5 cm³/mol. The van der Waals surface area contributed by atoms with Crippen LogP contribution in [0.5, 0.6) is 0 Å². The van der Waals surface area contributed by atoms with E-state index in [1.807, 2.05) is 20.0 Å². The molecule has 1 aromatic heterocycles. The van der Waals surface area contributed by atoms with Gasteiger partial charge in [0.1, 0.15) is 17.5 Å². The standard InChI is InChI=1S/C18H25F2N5/c1-13(16-7-6-15(19)12-17(16)20)24-18(21-3)23-8-4-5-10-25-11-9-22-14(25)2/h6-7,9,11-13H,4-5,8,10H2,1-3H3,(H2,21,23,24). The minimum absolute atomic E-state index is 0.319. The fraction of sp³-hybridized carbons (Fsp3) is 0.444. The highest BCUT2D eigenvalue weighted by Crippen LogP contribution is 2.17. The summed E-state index contributed by atoms with van der Waals surface area (Å²) in [6, 6.07) is 3.27. The number of rotatable bonds is 7. The molecule has 0 aliphatic heterocycles. The van der Waals surface area contributed by atoms with Gasteiger partial charge in [0.05, 0.1) is 6.04 Å². The maximum atomic E-state index is 13.8. The number of nitrogens with zero attached hydrogens (tertiary/aromatic N) is 3. The predicted octanol–water partition coefficient (Wildman–Crippen LogP) is 3.18. The molecule has 1 unspecified atom stereocenters. The molecular formula is C18H25F2N5. The number of hydrogen-bond donors (Lipinski definition) is 2. The summed E-state index contributed by atoms with van der Waals surface area (Å²) in [6.07, 6.45) is 5.76. The number of halogens is 2. The van der Waals surface area contributed by atoms with Crippen LogP contribution in [0, 0.1) is 18.6 Å². The summed E-state index contributed by atoms with van der Waals surface area (Å²) in [6.45, 7) is 5.48. The van der Waals surface area contributed by atoms with Crippen LogP contribution in [0.3, 0.4) is 0 Å². The van der Waals surface area contributed by atoms with Crippen LogP contribution < -0.4 is 10.6 Å². The van der Waals surface area contributed by atoms with Crippen LogP contribution >= 0.6 is 0 Å². The molecule has 0 aliphatic carbocycles. The van der Waals surface area contributed by atoms with Crippen molar-refractivity contribution in [3.8, 4) is 0 Å². The Balaban J connectivity index is 1.75. The van der Waals surface area contributed by atoms with Crippen LogP contribution in [0.15, 0.2) is 35.6 Å². The number of imidazole rings is 1. The van der Waals surface area contributed by atoms with Crippen molar-refractivity contribution in [2.24, 2.45) is 4.99 Å². The highest BCUT2D eigenvalue weighted by atomic mass is 19.1. The first-order valence-electron chi connectivity index (χ1n) is 8.41. The van der Waals surface area contributed by atoms with E-state index in [4.69, 9.17) is 0 Å². The van der Waals surface area contributed by atoms with Gasteiger partial charge in [-0.15, -0.1) is 0 Å². The molecule has 0 saturated carbocycles. The lowest BCUT2D eigenvalue weighted by Crippen LogP contribution is -2.39. The third-order valence-corrected chi connectivity index (χ3v) is 4.05. The van der Waals surface area contributed by atoms with Gasteiger partial charge in [0.25, 0.3) is 0 Å². The molecule has 1 aromatic carbocycles. The second-order valence-corrected chi connectivity index (χ2v) is 5.91. The third kappa shape index (κ3) is 5.55. The normalized spacial score (nSPS) is 12.9. The highest BCUT2D eigenvalue weighted by molar-refractivity contribution is 5.80. The minimum atomic E-state index is -0.580. The molecule has 2 N–H and O–H groups in total. The number of guanidine groups is 1. The molecule has 0 amide bonds. The van der Waals surface area contributed by atoms with Gasteiger partial charge in [-0.2, -0.15) is 0 Å². The van der Waals surface area contributed by atoms with E-state index >= 15 is 0 Å². The second-order valence-electron chi connectivity index (χ2n) is 5.91. The van der Waals surface area contributed by atoms with Crippen molar-refractivity contribution >= 4 is 5.96 Å². The molecule has 25 heavy (non-hydrogen) atoms. The van der Waals surface area contributed by atoms with Crippen LogP contribution in [0.4, 0.5) is 8.78 Å². The monoisotopic (exact) mass is 349 g/mol. The van der Waals surface area contributed by atoms with E-state index < -0.39 is 11.6 Å². The summed E-state index contributed by atoms with van der Waals surface area (Å²) in [5.41, 5.74) is 0.403. The Morgan fingerprint density at radius 1 is 1.32 bits per heavy atom. The van der Waals surface area contributed by atoms with E-state index in [1.165, 1.54) is 12.1 Å². The number of aromatic nitrogens is 2. The van der Waals surface area contributed by atoms with Crippen molar-refractivity contribution in [3.63, 3.8) is 0 Å². The largest absolute Gasteiger partial charge is 0.356 e. The van der Waals surface area contributed by atoms with E-state index in [0.717, 1.165) is 37.8 Å². The molecule has 5 nitrogen and oxygen atoms in total. The number of aliphatic imine (C=N–C) groups is 1. The van der Waals surface area contributed by atoms with Gasteiger partial charge in [0.2, 0.25) is 0 Å². The van der Waals surface area contributed by atoms with E-state index in [1.54, 1.807) is 13.2 Å². The maximum Gasteiger partial charge on any atom is 0.191 e. The van der Waals surface area contributed by atoms with Gasteiger partial charge in [-0.05, 0) is 32.8 Å². The van der Waals surface area contributed by atoms with E-state index in [-0.39, 0.29) is 6.04 Å². The summed E-state index contributed by atoms with van der Waals surface area (Å²) in [4.78, 5) is 8.34. The van der Waals surface area contributed by atoms with Crippen molar-refractivity contribution in [1.82, 2.24) is 20.2 Å². The Kier molecular flexibility index (Phi) is 6.91. The number of hydrogen-bond acceptors (Lipinski definition) is 2. The van der Waals surface area contributed by atoms with Gasteiger partial charge >= 0.3 is 0 Å². The quantitative estimate of drug-likeness (QED) is 0.459. The zero-order valence-corrected chi connectivity index (χ0v) is 14.9. The second kappa shape index (κ2) is 9.15. The van der Waals surface area contributed by atoms with Gasteiger partial charge in [-0.1, -0.05) is 6.07 Å². The zero-order chi connectivity index (χ0) is 18.2. The van der Waals surface area contributed by atoms with Gasteiger partial charge < -0.3 is 15.2 Å². The van der Waals surface area contributed by atoms with Crippen molar-refractivity contribution < 1.29 is 8.78 Å². The highest BCUT2D eigenvalue weighted by Gasteiger charge is 2.13. The van der Waals surface area contributed by atoms with Crippen LogP contribution in [0.25, 0.3) is 0 Å². The third-order valence-electron chi connectivity index (χ3n) is 4.05. The minimum Gasteiger partial charge on any atom is -0.356 e. The SMILES string of the molecule is CN=C(NCCCCn1ccnc1C)NC(C)c1ccc(F)cc1F. The summed E-state index contributed by atoms with van der Waals surface area (Å²) < 4.78 is 28.9. The van der Waals surface area contributed by atoms with Crippen molar-refractivity contribution in [2.75, 3.05) is 13.6 Å². The summed E-state index contributed by atoms with van der Waals surface area (Å²) in [5, 5.41) is 6.33. The van der Waals surface area contributed by atoms with Gasteiger partial charge in [0, 0.05) is 44.2 Å². The van der Waals surface area contributed by atoms with Crippen molar-refractivity contribution in [3.05, 3.63) is 53.6 Å². The van der Waals surface area contributed by atoms with Crippen molar-refractivity contribution in [1.29, 1.82) is 0 Å². The first-order chi connectivity index (χ1) is 12.0. The number of aryl methyl sites for hydroxylation is 2. The number of unbranched alkanes of at least 4 members (excludes halogenated alkanes) is 1. The molecule has 2 rings (SSSR count). The van der Waals surface area contributed by atoms with E-state index in [2.05, 4.69) is 25.2 Å². The van der Waals surface area contributed by atoms with Crippen LogP contribution in [-0.4, -0.2) is 29.1 Å². The zero-order valence-electron chi connectivity index (χ0n) is 14.9. The molecule has 136 valence electrons. The fourth-order valence-electron chi connectivity index (χ4n) is 2.58. The van der Waals surface area contributed by atoms with Gasteiger partial charge in [-0.3, -0.25) is 4.99 Å². The number of benzene rings is 1. The topological polar surface area (TPSA) is 54.2 Å². The molecule has 1 heterocycles. The van der Waals surface area contributed by atoms with E-state index in [0.29, 0.717) is 11.5 Å². The Hall–Kier alpha value is -2.44. The maximum absolute atomic E-state index is 13.8. The molecule has 2 aromatic rings.